The fourth-order valence-corrected chi connectivity index (χ4v) is 3.21. The highest BCUT2D eigenvalue weighted by molar-refractivity contribution is 5.83. The van der Waals surface area contributed by atoms with Crippen LogP contribution >= 0.6 is 0 Å². The predicted molar refractivity (Wildman–Crippen MR) is 81.3 cm³/mol. The molecule has 2 fully saturated rings. The number of hydrogen-bond acceptors (Lipinski definition) is 5. The lowest BCUT2D eigenvalue weighted by molar-refractivity contribution is -0.137. The first-order valence-electron chi connectivity index (χ1n) is 7.97. The first-order valence-corrected chi connectivity index (χ1v) is 7.97. The number of piperidine rings is 1. The van der Waals surface area contributed by atoms with Gasteiger partial charge in [-0.25, -0.2) is 0 Å². The summed E-state index contributed by atoms with van der Waals surface area (Å²) >= 11 is 0. The van der Waals surface area contributed by atoms with E-state index >= 15 is 0 Å². The van der Waals surface area contributed by atoms with Crippen molar-refractivity contribution in [3.63, 3.8) is 0 Å². The van der Waals surface area contributed by atoms with Gasteiger partial charge in [-0.3, -0.25) is 9.69 Å². The molecule has 0 aromatic heterocycles. The molecule has 1 atom stereocenters. The van der Waals surface area contributed by atoms with Gasteiger partial charge in [-0.15, -0.1) is 0 Å². The summed E-state index contributed by atoms with van der Waals surface area (Å²) in [5.74, 6) is 0.145. The monoisotopic (exact) mass is 299 g/mol. The minimum atomic E-state index is -0.362. The zero-order chi connectivity index (χ0) is 15.1. The summed E-state index contributed by atoms with van der Waals surface area (Å²) in [5.41, 5.74) is -0.362. The number of carbonyl (C=O) groups is 1. The van der Waals surface area contributed by atoms with E-state index in [1.807, 2.05) is 0 Å². The Balaban J connectivity index is 1.85. The van der Waals surface area contributed by atoms with Gasteiger partial charge < -0.3 is 20.1 Å². The van der Waals surface area contributed by atoms with Crippen LogP contribution in [0.15, 0.2) is 0 Å². The van der Waals surface area contributed by atoms with Crippen LogP contribution in [0.25, 0.3) is 0 Å². The number of ether oxygens (including phenoxy) is 2. The SMILES string of the molecule is COCC1(C(=O)NC(C)CN2CCOCC2)CCNCC1. The van der Waals surface area contributed by atoms with Crippen molar-refractivity contribution >= 4 is 5.91 Å². The summed E-state index contributed by atoms with van der Waals surface area (Å²) < 4.78 is 10.7. The third-order valence-electron chi connectivity index (χ3n) is 4.48. The van der Waals surface area contributed by atoms with Crippen molar-refractivity contribution in [3.8, 4) is 0 Å². The maximum absolute atomic E-state index is 12.7. The molecule has 0 saturated carbocycles. The summed E-state index contributed by atoms with van der Waals surface area (Å²) in [6, 6.07) is 0.152. The predicted octanol–water partition coefficient (Wildman–Crippen LogP) is -0.160. The summed E-state index contributed by atoms with van der Waals surface area (Å²) in [6.45, 7) is 8.72. The Bertz CT molecular complexity index is 321. The van der Waals surface area contributed by atoms with Crippen LogP contribution in [0.5, 0.6) is 0 Å². The molecule has 2 rings (SSSR count). The van der Waals surface area contributed by atoms with Gasteiger partial charge in [-0.1, -0.05) is 0 Å². The first-order chi connectivity index (χ1) is 10.2. The second-order valence-corrected chi connectivity index (χ2v) is 6.25. The third-order valence-corrected chi connectivity index (χ3v) is 4.48. The molecule has 2 aliphatic heterocycles. The van der Waals surface area contributed by atoms with Crippen molar-refractivity contribution in [2.24, 2.45) is 5.41 Å². The molecule has 0 aliphatic carbocycles. The fourth-order valence-electron chi connectivity index (χ4n) is 3.21. The fraction of sp³-hybridized carbons (Fsp3) is 0.933. The van der Waals surface area contributed by atoms with Crippen molar-refractivity contribution in [1.82, 2.24) is 15.5 Å². The normalized spacial score (nSPS) is 24.5. The molecular formula is C15H29N3O3. The molecule has 6 nitrogen and oxygen atoms in total. The van der Waals surface area contributed by atoms with E-state index in [4.69, 9.17) is 9.47 Å². The van der Waals surface area contributed by atoms with Gasteiger partial charge in [0.05, 0.1) is 25.2 Å². The van der Waals surface area contributed by atoms with Crippen molar-refractivity contribution in [2.45, 2.75) is 25.8 Å². The summed E-state index contributed by atoms with van der Waals surface area (Å²) in [6.07, 6.45) is 1.69. The molecule has 2 saturated heterocycles. The number of methoxy groups -OCH3 is 1. The average molecular weight is 299 g/mol. The number of amides is 1. The third kappa shape index (κ3) is 4.64. The van der Waals surface area contributed by atoms with Gasteiger partial charge in [0, 0.05) is 32.8 Å². The van der Waals surface area contributed by atoms with Crippen LogP contribution in [0.3, 0.4) is 0 Å². The lowest BCUT2D eigenvalue weighted by Crippen LogP contribution is -2.54. The van der Waals surface area contributed by atoms with E-state index in [1.54, 1.807) is 7.11 Å². The van der Waals surface area contributed by atoms with Crippen LogP contribution in [0.2, 0.25) is 0 Å². The van der Waals surface area contributed by atoms with Crippen molar-refractivity contribution in [1.29, 1.82) is 0 Å². The Morgan fingerprint density at radius 1 is 1.38 bits per heavy atom. The average Bonchev–Trinajstić information content (AvgIpc) is 2.49. The minimum absolute atomic E-state index is 0.145. The number of nitrogens with one attached hydrogen (secondary N) is 2. The topological polar surface area (TPSA) is 62.8 Å². The molecular weight excluding hydrogens is 270 g/mol. The van der Waals surface area contributed by atoms with Crippen LogP contribution in [-0.4, -0.2) is 76.5 Å². The highest BCUT2D eigenvalue weighted by Crippen LogP contribution is 2.29. The van der Waals surface area contributed by atoms with E-state index in [-0.39, 0.29) is 17.4 Å². The number of carbonyl (C=O) groups excluding carboxylic acids is 1. The van der Waals surface area contributed by atoms with E-state index in [9.17, 15) is 4.79 Å². The van der Waals surface area contributed by atoms with Crippen LogP contribution < -0.4 is 10.6 Å². The lowest BCUT2D eigenvalue weighted by Gasteiger charge is -2.37. The molecule has 2 aliphatic rings. The molecule has 122 valence electrons. The van der Waals surface area contributed by atoms with Gasteiger partial charge in [0.1, 0.15) is 0 Å². The van der Waals surface area contributed by atoms with Gasteiger partial charge in [-0.05, 0) is 32.9 Å². The smallest absolute Gasteiger partial charge is 0.228 e. The summed E-state index contributed by atoms with van der Waals surface area (Å²) in [5, 5.41) is 6.51. The van der Waals surface area contributed by atoms with Crippen LogP contribution in [0.4, 0.5) is 0 Å². The second-order valence-electron chi connectivity index (χ2n) is 6.25. The summed E-state index contributed by atoms with van der Waals surface area (Å²) in [7, 11) is 1.67. The highest BCUT2D eigenvalue weighted by atomic mass is 16.5. The molecule has 0 bridgehead atoms. The van der Waals surface area contributed by atoms with Crippen molar-refractivity contribution < 1.29 is 14.3 Å². The number of rotatable bonds is 6. The second kappa shape index (κ2) is 8.08. The first kappa shape index (κ1) is 16.7. The maximum Gasteiger partial charge on any atom is 0.228 e. The molecule has 1 amide bonds. The number of hydrogen-bond donors (Lipinski definition) is 2. The van der Waals surface area contributed by atoms with Crippen molar-refractivity contribution in [3.05, 3.63) is 0 Å². The largest absolute Gasteiger partial charge is 0.384 e. The van der Waals surface area contributed by atoms with Gasteiger partial charge in [0.25, 0.3) is 0 Å². The number of morpholine rings is 1. The van der Waals surface area contributed by atoms with Crippen LogP contribution in [-0.2, 0) is 14.3 Å². The Labute approximate surface area is 127 Å². The molecule has 0 spiro atoms. The molecule has 0 radical (unpaired) electrons. The maximum atomic E-state index is 12.7. The van der Waals surface area contributed by atoms with E-state index in [1.165, 1.54) is 0 Å². The Hall–Kier alpha value is -0.690. The van der Waals surface area contributed by atoms with Crippen LogP contribution in [0.1, 0.15) is 19.8 Å². The van der Waals surface area contributed by atoms with E-state index < -0.39 is 0 Å². The van der Waals surface area contributed by atoms with Gasteiger partial charge >= 0.3 is 0 Å². The minimum Gasteiger partial charge on any atom is -0.384 e. The van der Waals surface area contributed by atoms with Gasteiger partial charge in [0.2, 0.25) is 5.91 Å². The number of nitrogens with zero attached hydrogens (tertiary/aromatic N) is 1. The quantitative estimate of drug-likeness (QED) is 0.713. The lowest BCUT2D eigenvalue weighted by atomic mass is 9.78. The van der Waals surface area contributed by atoms with Crippen molar-refractivity contribution in [2.75, 3.05) is 59.7 Å². The van der Waals surface area contributed by atoms with E-state index in [0.29, 0.717) is 6.61 Å². The van der Waals surface area contributed by atoms with E-state index in [2.05, 4.69) is 22.5 Å². The Morgan fingerprint density at radius 3 is 2.67 bits per heavy atom. The van der Waals surface area contributed by atoms with Gasteiger partial charge in [0.15, 0.2) is 0 Å². The molecule has 1 unspecified atom stereocenters. The molecule has 0 aromatic carbocycles. The summed E-state index contributed by atoms with van der Waals surface area (Å²) in [4.78, 5) is 15.0. The Kier molecular flexibility index (Phi) is 6.41. The zero-order valence-corrected chi connectivity index (χ0v) is 13.3. The van der Waals surface area contributed by atoms with E-state index in [0.717, 1.165) is 58.8 Å². The molecule has 2 N–H and O–H groups in total. The Morgan fingerprint density at radius 2 is 2.05 bits per heavy atom. The molecule has 2 heterocycles. The highest BCUT2D eigenvalue weighted by Gasteiger charge is 2.40. The van der Waals surface area contributed by atoms with Gasteiger partial charge in [-0.2, -0.15) is 0 Å². The standard InChI is InChI=1S/C15H29N3O3/c1-13(11-18-7-9-21-10-8-18)17-14(19)15(12-20-2)3-5-16-6-4-15/h13,16H,3-12H2,1-2H3,(H,17,19). The van der Waals surface area contributed by atoms with Crippen LogP contribution in [0, 0.1) is 5.41 Å². The molecule has 6 heteroatoms. The zero-order valence-electron chi connectivity index (χ0n) is 13.3. The molecule has 0 aromatic rings. The molecule has 21 heavy (non-hydrogen) atoms.